The molecule has 0 fully saturated rings. The molecule has 1 heterocycles. The molecule has 1 unspecified atom stereocenters. The minimum atomic E-state index is 0.216. The Hall–Kier alpha value is -0.540. The number of rotatable bonds is 6. The Morgan fingerprint density at radius 2 is 2.06 bits per heavy atom. The fourth-order valence-electron chi connectivity index (χ4n) is 2.04. The van der Waals surface area contributed by atoms with Gasteiger partial charge in [-0.15, -0.1) is 0 Å². The van der Waals surface area contributed by atoms with Gasteiger partial charge in [-0.05, 0) is 25.2 Å². The number of hydrogen-bond donors (Lipinski definition) is 1. The zero-order chi connectivity index (χ0) is 13.9. The number of aryl methyl sites for hydroxylation is 2. The summed E-state index contributed by atoms with van der Waals surface area (Å²) >= 11 is 6.34. The first-order valence-corrected chi connectivity index (χ1v) is 7.08. The van der Waals surface area contributed by atoms with Crippen molar-refractivity contribution in [3.8, 4) is 0 Å². The predicted octanol–water partition coefficient (Wildman–Crippen LogP) is 3.34. The molecule has 0 aliphatic heterocycles. The number of nitrogens with zero attached hydrogens (tertiary/aromatic N) is 2. The SMILES string of the molecule is CCC(C)(CNC(C)C)Cc1c(Cl)c(C)nn1C. The maximum absolute atomic E-state index is 6.34. The number of hydrogen-bond acceptors (Lipinski definition) is 2. The third kappa shape index (κ3) is 3.72. The van der Waals surface area contributed by atoms with Gasteiger partial charge in [-0.1, -0.05) is 39.3 Å². The molecule has 0 radical (unpaired) electrons. The first-order chi connectivity index (χ1) is 8.29. The Kier molecular flexibility index (Phi) is 5.23. The first kappa shape index (κ1) is 15.5. The van der Waals surface area contributed by atoms with E-state index in [0.29, 0.717) is 6.04 Å². The summed E-state index contributed by atoms with van der Waals surface area (Å²) in [5.74, 6) is 0. The van der Waals surface area contributed by atoms with Crippen LogP contribution in [0.3, 0.4) is 0 Å². The fraction of sp³-hybridized carbons (Fsp3) is 0.786. The molecule has 0 aromatic carbocycles. The van der Waals surface area contributed by atoms with Gasteiger partial charge in [0.1, 0.15) is 0 Å². The molecule has 0 spiro atoms. The highest BCUT2D eigenvalue weighted by atomic mass is 35.5. The zero-order valence-electron chi connectivity index (χ0n) is 12.5. The highest BCUT2D eigenvalue weighted by Gasteiger charge is 2.26. The summed E-state index contributed by atoms with van der Waals surface area (Å²) in [6.45, 7) is 11.9. The normalized spacial score (nSPS) is 15.1. The monoisotopic (exact) mass is 271 g/mol. The largest absolute Gasteiger partial charge is 0.314 e. The molecule has 1 rings (SSSR count). The fourth-order valence-corrected chi connectivity index (χ4v) is 2.27. The van der Waals surface area contributed by atoms with E-state index in [0.717, 1.165) is 35.8 Å². The van der Waals surface area contributed by atoms with Gasteiger partial charge in [0.15, 0.2) is 0 Å². The molecule has 0 saturated heterocycles. The van der Waals surface area contributed by atoms with E-state index in [-0.39, 0.29) is 5.41 Å². The Labute approximate surface area is 116 Å². The second kappa shape index (κ2) is 6.07. The van der Waals surface area contributed by atoms with Crippen LogP contribution in [0.4, 0.5) is 0 Å². The molecule has 0 bridgehead atoms. The standard InChI is InChI=1S/C14H26ClN3/c1-7-14(5,9-16-10(2)3)8-12-13(15)11(4)17-18(12)6/h10,16H,7-9H2,1-6H3. The first-order valence-electron chi connectivity index (χ1n) is 6.70. The predicted molar refractivity (Wildman–Crippen MR) is 78.2 cm³/mol. The molecule has 18 heavy (non-hydrogen) atoms. The molecule has 104 valence electrons. The molecule has 0 aliphatic carbocycles. The lowest BCUT2D eigenvalue weighted by Crippen LogP contribution is -2.37. The van der Waals surface area contributed by atoms with E-state index in [9.17, 15) is 0 Å². The Morgan fingerprint density at radius 1 is 1.44 bits per heavy atom. The third-order valence-corrected chi connectivity index (χ3v) is 4.14. The topological polar surface area (TPSA) is 29.9 Å². The average molecular weight is 272 g/mol. The summed E-state index contributed by atoms with van der Waals surface area (Å²) in [5.41, 5.74) is 2.28. The van der Waals surface area contributed by atoms with Gasteiger partial charge in [0.25, 0.3) is 0 Å². The lowest BCUT2D eigenvalue weighted by Gasteiger charge is -2.30. The Morgan fingerprint density at radius 3 is 2.44 bits per heavy atom. The van der Waals surface area contributed by atoms with Crippen LogP contribution in [0.15, 0.2) is 0 Å². The molecular weight excluding hydrogens is 246 g/mol. The molecule has 1 aromatic rings. The van der Waals surface area contributed by atoms with Crippen molar-refractivity contribution in [3.63, 3.8) is 0 Å². The summed E-state index contributed by atoms with van der Waals surface area (Å²) in [4.78, 5) is 0. The second-order valence-corrected chi connectivity index (χ2v) is 6.22. The van der Waals surface area contributed by atoms with Crippen LogP contribution in [-0.4, -0.2) is 22.4 Å². The van der Waals surface area contributed by atoms with Gasteiger partial charge in [0, 0.05) is 19.6 Å². The molecule has 1 aromatic heterocycles. The van der Waals surface area contributed by atoms with Crippen LogP contribution in [0.25, 0.3) is 0 Å². The van der Waals surface area contributed by atoms with E-state index in [2.05, 4.69) is 38.1 Å². The van der Waals surface area contributed by atoms with Gasteiger partial charge in [0.05, 0.1) is 16.4 Å². The van der Waals surface area contributed by atoms with E-state index in [1.165, 1.54) is 0 Å². The Balaban J connectivity index is 2.84. The lowest BCUT2D eigenvalue weighted by molar-refractivity contribution is 0.275. The van der Waals surface area contributed by atoms with Gasteiger partial charge >= 0.3 is 0 Å². The number of aromatic nitrogens is 2. The molecule has 1 N–H and O–H groups in total. The van der Waals surface area contributed by atoms with Crippen molar-refractivity contribution in [3.05, 3.63) is 16.4 Å². The summed E-state index contributed by atoms with van der Waals surface area (Å²) < 4.78 is 1.92. The van der Waals surface area contributed by atoms with Crippen LogP contribution >= 0.6 is 11.6 Å². The van der Waals surface area contributed by atoms with E-state index in [1.54, 1.807) is 0 Å². The van der Waals surface area contributed by atoms with Crippen molar-refractivity contribution in [2.75, 3.05) is 6.54 Å². The van der Waals surface area contributed by atoms with Crippen molar-refractivity contribution >= 4 is 11.6 Å². The molecule has 0 aliphatic rings. The van der Waals surface area contributed by atoms with Crippen molar-refractivity contribution in [2.24, 2.45) is 12.5 Å². The van der Waals surface area contributed by atoms with Crippen LogP contribution in [-0.2, 0) is 13.5 Å². The van der Waals surface area contributed by atoms with E-state index in [1.807, 2.05) is 18.7 Å². The van der Waals surface area contributed by atoms with E-state index >= 15 is 0 Å². The maximum Gasteiger partial charge on any atom is 0.0847 e. The zero-order valence-corrected chi connectivity index (χ0v) is 13.2. The average Bonchev–Trinajstić information content (AvgIpc) is 2.53. The van der Waals surface area contributed by atoms with Crippen LogP contribution in [0.2, 0.25) is 5.02 Å². The summed E-state index contributed by atoms with van der Waals surface area (Å²) in [6.07, 6.45) is 2.08. The van der Waals surface area contributed by atoms with Crippen LogP contribution < -0.4 is 5.32 Å². The number of nitrogens with one attached hydrogen (secondary N) is 1. The minimum Gasteiger partial charge on any atom is -0.314 e. The number of halogens is 1. The van der Waals surface area contributed by atoms with Crippen LogP contribution in [0.1, 0.15) is 45.5 Å². The highest BCUT2D eigenvalue weighted by Crippen LogP contribution is 2.30. The van der Waals surface area contributed by atoms with Crippen LogP contribution in [0.5, 0.6) is 0 Å². The van der Waals surface area contributed by atoms with Crippen molar-refractivity contribution in [2.45, 2.75) is 53.5 Å². The molecule has 3 nitrogen and oxygen atoms in total. The quantitative estimate of drug-likeness (QED) is 0.860. The highest BCUT2D eigenvalue weighted by molar-refractivity contribution is 6.31. The van der Waals surface area contributed by atoms with Gasteiger partial charge in [-0.25, -0.2) is 0 Å². The second-order valence-electron chi connectivity index (χ2n) is 5.85. The molecule has 0 saturated carbocycles. The lowest BCUT2D eigenvalue weighted by atomic mass is 9.82. The van der Waals surface area contributed by atoms with Crippen molar-refractivity contribution in [1.82, 2.24) is 15.1 Å². The summed E-state index contributed by atoms with van der Waals surface area (Å²) in [6, 6.07) is 0.514. The van der Waals surface area contributed by atoms with Crippen LogP contribution in [0, 0.1) is 12.3 Å². The molecule has 0 amide bonds. The Bertz CT molecular complexity index is 398. The van der Waals surface area contributed by atoms with E-state index in [4.69, 9.17) is 11.6 Å². The van der Waals surface area contributed by atoms with Gasteiger partial charge in [-0.2, -0.15) is 5.10 Å². The molecular formula is C14H26ClN3. The third-order valence-electron chi connectivity index (χ3n) is 3.65. The van der Waals surface area contributed by atoms with Crippen molar-refractivity contribution < 1.29 is 0 Å². The van der Waals surface area contributed by atoms with Gasteiger partial charge in [0.2, 0.25) is 0 Å². The molecule has 1 atom stereocenters. The summed E-state index contributed by atoms with van der Waals surface area (Å²) in [5, 5.41) is 8.74. The maximum atomic E-state index is 6.34. The summed E-state index contributed by atoms with van der Waals surface area (Å²) in [7, 11) is 1.97. The van der Waals surface area contributed by atoms with E-state index < -0.39 is 0 Å². The van der Waals surface area contributed by atoms with Crippen molar-refractivity contribution in [1.29, 1.82) is 0 Å². The smallest absolute Gasteiger partial charge is 0.0847 e. The molecule has 4 heteroatoms. The van der Waals surface area contributed by atoms with Gasteiger partial charge < -0.3 is 5.32 Å². The van der Waals surface area contributed by atoms with Gasteiger partial charge in [-0.3, -0.25) is 4.68 Å². The minimum absolute atomic E-state index is 0.216.